The van der Waals surface area contributed by atoms with Gasteiger partial charge in [-0.1, -0.05) is 41.6 Å². The van der Waals surface area contributed by atoms with Gasteiger partial charge in [0.25, 0.3) is 0 Å². The van der Waals surface area contributed by atoms with Crippen LogP contribution < -0.4 is 4.74 Å². The van der Waals surface area contributed by atoms with E-state index in [1.807, 2.05) is 34.9 Å². The third-order valence-corrected chi connectivity index (χ3v) is 4.55. The Kier molecular flexibility index (Phi) is 5.74. The number of aliphatic hydroxyl groups is 1. The Hall–Kier alpha value is -2.02. The first kappa shape index (κ1) is 16.8. The van der Waals surface area contributed by atoms with Crippen molar-refractivity contribution in [2.24, 2.45) is 0 Å². The molecule has 7 heteroatoms. The van der Waals surface area contributed by atoms with Crippen molar-refractivity contribution in [1.82, 2.24) is 14.8 Å². The van der Waals surface area contributed by atoms with E-state index in [0.717, 1.165) is 10.8 Å². The SMILES string of the molecule is OC(COc1ccc(Cl)cc1)CSc1nncn1-c1ccccc1. The molecule has 24 heavy (non-hydrogen) atoms. The molecule has 1 unspecified atom stereocenters. The quantitative estimate of drug-likeness (QED) is 0.653. The van der Waals surface area contributed by atoms with Crippen molar-refractivity contribution >= 4 is 23.4 Å². The third kappa shape index (κ3) is 4.50. The Morgan fingerprint density at radius 1 is 1.12 bits per heavy atom. The summed E-state index contributed by atoms with van der Waals surface area (Å²) in [7, 11) is 0. The molecule has 2 aromatic carbocycles. The Balaban J connectivity index is 1.53. The first-order valence-corrected chi connectivity index (χ1v) is 8.73. The van der Waals surface area contributed by atoms with Crippen LogP contribution in [0.5, 0.6) is 5.75 Å². The number of rotatable bonds is 7. The number of thioether (sulfide) groups is 1. The van der Waals surface area contributed by atoms with Gasteiger partial charge in [0.1, 0.15) is 18.7 Å². The maximum Gasteiger partial charge on any atom is 0.195 e. The summed E-state index contributed by atoms with van der Waals surface area (Å²) in [6.45, 7) is 0.202. The smallest absolute Gasteiger partial charge is 0.195 e. The molecule has 124 valence electrons. The molecule has 0 radical (unpaired) electrons. The molecule has 0 bridgehead atoms. The molecule has 3 aromatic rings. The summed E-state index contributed by atoms with van der Waals surface area (Å²) in [4.78, 5) is 0. The van der Waals surface area contributed by atoms with Gasteiger partial charge >= 0.3 is 0 Å². The maximum atomic E-state index is 10.1. The van der Waals surface area contributed by atoms with Crippen molar-refractivity contribution in [3.63, 3.8) is 0 Å². The summed E-state index contributed by atoms with van der Waals surface area (Å²) in [5.41, 5.74) is 0.983. The van der Waals surface area contributed by atoms with E-state index in [-0.39, 0.29) is 6.61 Å². The molecule has 0 amide bonds. The summed E-state index contributed by atoms with van der Waals surface area (Å²) in [6, 6.07) is 16.9. The van der Waals surface area contributed by atoms with Crippen LogP contribution in [0.4, 0.5) is 0 Å². The van der Waals surface area contributed by atoms with Crippen LogP contribution in [0.2, 0.25) is 5.02 Å². The van der Waals surface area contributed by atoms with Gasteiger partial charge < -0.3 is 9.84 Å². The molecule has 0 aliphatic heterocycles. The fraction of sp³-hybridized carbons (Fsp3) is 0.176. The number of halogens is 1. The van der Waals surface area contributed by atoms with Gasteiger partial charge in [-0.25, -0.2) is 0 Å². The van der Waals surface area contributed by atoms with Crippen LogP contribution >= 0.6 is 23.4 Å². The summed E-state index contributed by atoms with van der Waals surface area (Å²) < 4.78 is 7.43. The number of benzene rings is 2. The van der Waals surface area contributed by atoms with Crippen molar-refractivity contribution in [3.8, 4) is 11.4 Å². The van der Waals surface area contributed by atoms with E-state index in [2.05, 4.69) is 10.2 Å². The summed E-state index contributed by atoms with van der Waals surface area (Å²) in [6.07, 6.45) is 1.04. The van der Waals surface area contributed by atoms with Gasteiger partial charge in [0.2, 0.25) is 0 Å². The van der Waals surface area contributed by atoms with Crippen molar-refractivity contribution < 1.29 is 9.84 Å². The number of aromatic nitrogens is 3. The minimum atomic E-state index is -0.619. The van der Waals surface area contributed by atoms with E-state index in [4.69, 9.17) is 16.3 Å². The van der Waals surface area contributed by atoms with Crippen LogP contribution in [0.15, 0.2) is 66.1 Å². The molecule has 1 N–H and O–H groups in total. The van der Waals surface area contributed by atoms with Crippen molar-refractivity contribution in [2.45, 2.75) is 11.3 Å². The number of hydrogen-bond donors (Lipinski definition) is 1. The average molecular weight is 362 g/mol. The van der Waals surface area contributed by atoms with Gasteiger partial charge in [0.05, 0.1) is 6.10 Å². The molecule has 0 saturated carbocycles. The third-order valence-electron chi connectivity index (χ3n) is 3.21. The van der Waals surface area contributed by atoms with Crippen molar-refractivity contribution in [2.75, 3.05) is 12.4 Å². The summed E-state index contributed by atoms with van der Waals surface area (Å²) >= 11 is 7.26. The number of hydrogen-bond acceptors (Lipinski definition) is 5. The van der Waals surface area contributed by atoms with Crippen molar-refractivity contribution in [1.29, 1.82) is 0 Å². The first-order chi connectivity index (χ1) is 11.7. The zero-order valence-corrected chi connectivity index (χ0v) is 14.3. The maximum absolute atomic E-state index is 10.1. The Morgan fingerprint density at radius 3 is 2.62 bits per heavy atom. The second kappa shape index (κ2) is 8.19. The highest BCUT2D eigenvalue weighted by atomic mass is 35.5. The van der Waals surface area contributed by atoms with Crippen LogP contribution in [0, 0.1) is 0 Å². The zero-order chi connectivity index (χ0) is 16.8. The predicted octanol–water partition coefficient (Wildman–Crippen LogP) is 3.45. The lowest BCUT2D eigenvalue weighted by Crippen LogP contribution is -2.20. The Morgan fingerprint density at radius 2 is 1.88 bits per heavy atom. The van der Waals surface area contributed by atoms with E-state index in [1.54, 1.807) is 30.6 Å². The molecule has 0 spiro atoms. The molecule has 0 fully saturated rings. The second-order valence-electron chi connectivity index (χ2n) is 5.05. The summed E-state index contributed by atoms with van der Waals surface area (Å²) in [5, 5.41) is 19.5. The van der Waals surface area contributed by atoms with Gasteiger partial charge in [-0.2, -0.15) is 0 Å². The van der Waals surface area contributed by atoms with Crippen LogP contribution in [-0.2, 0) is 0 Å². The predicted molar refractivity (Wildman–Crippen MR) is 95.0 cm³/mol. The molecule has 1 atom stereocenters. The Bertz CT molecular complexity index is 765. The van der Waals surface area contributed by atoms with E-state index >= 15 is 0 Å². The molecule has 1 aromatic heterocycles. The first-order valence-electron chi connectivity index (χ1n) is 7.37. The zero-order valence-electron chi connectivity index (χ0n) is 12.7. The van der Waals surface area contributed by atoms with E-state index < -0.39 is 6.10 Å². The average Bonchev–Trinajstić information content (AvgIpc) is 3.09. The topological polar surface area (TPSA) is 60.2 Å². The van der Waals surface area contributed by atoms with Crippen LogP contribution in [-0.4, -0.2) is 38.3 Å². The molecule has 1 heterocycles. The van der Waals surface area contributed by atoms with Crippen LogP contribution in [0.3, 0.4) is 0 Å². The van der Waals surface area contributed by atoms with Crippen LogP contribution in [0.1, 0.15) is 0 Å². The van der Waals surface area contributed by atoms with Gasteiger partial charge in [-0.15, -0.1) is 10.2 Å². The number of nitrogens with zero attached hydrogens (tertiary/aromatic N) is 3. The minimum absolute atomic E-state index is 0.202. The lowest BCUT2D eigenvalue weighted by Gasteiger charge is -2.12. The highest BCUT2D eigenvalue weighted by Gasteiger charge is 2.11. The minimum Gasteiger partial charge on any atom is -0.491 e. The molecule has 5 nitrogen and oxygen atoms in total. The van der Waals surface area contributed by atoms with E-state index in [0.29, 0.717) is 16.5 Å². The van der Waals surface area contributed by atoms with Gasteiger partial charge in [-0.3, -0.25) is 4.57 Å². The second-order valence-corrected chi connectivity index (χ2v) is 6.47. The van der Waals surface area contributed by atoms with Gasteiger partial charge in [0, 0.05) is 16.5 Å². The standard InChI is InChI=1S/C17H16ClN3O2S/c18-13-6-8-16(9-7-13)23-10-15(22)11-24-17-20-19-12-21(17)14-4-2-1-3-5-14/h1-9,12,15,22H,10-11H2. The fourth-order valence-electron chi connectivity index (χ4n) is 2.03. The van der Waals surface area contributed by atoms with E-state index in [9.17, 15) is 5.11 Å². The number of ether oxygens (including phenoxy) is 1. The molecule has 3 rings (SSSR count). The fourth-order valence-corrected chi connectivity index (χ4v) is 2.99. The van der Waals surface area contributed by atoms with Crippen molar-refractivity contribution in [3.05, 3.63) is 65.9 Å². The normalized spacial score (nSPS) is 12.1. The molecular formula is C17H16ClN3O2S. The molecule has 0 saturated heterocycles. The lowest BCUT2D eigenvalue weighted by molar-refractivity contribution is 0.126. The number of aliphatic hydroxyl groups excluding tert-OH is 1. The van der Waals surface area contributed by atoms with Crippen LogP contribution in [0.25, 0.3) is 5.69 Å². The molecular weight excluding hydrogens is 346 g/mol. The lowest BCUT2D eigenvalue weighted by atomic mass is 10.3. The highest BCUT2D eigenvalue weighted by molar-refractivity contribution is 7.99. The molecule has 0 aliphatic carbocycles. The van der Waals surface area contributed by atoms with Gasteiger partial charge in [0.15, 0.2) is 5.16 Å². The summed E-state index contributed by atoms with van der Waals surface area (Å²) in [5.74, 6) is 1.13. The van der Waals surface area contributed by atoms with Gasteiger partial charge in [-0.05, 0) is 36.4 Å². The Labute approximate surface area is 149 Å². The largest absolute Gasteiger partial charge is 0.491 e. The van der Waals surface area contributed by atoms with E-state index in [1.165, 1.54) is 11.8 Å². The monoisotopic (exact) mass is 361 g/mol. The number of para-hydroxylation sites is 1. The molecule has 0 aliphatic rings. The highest BCUT2D eigenvalue weighted by Crippen LogP contribution is 2.21.